The lowest BCUT2D eigenvalue weighted by atomic mass is 10.2. The normalized spacial score (nSPS) is 10.9. The van der Waals surface area contributed by atoms with Crippen molar-refractivity contribution >= 4 is 17.7 Å². The maximum atomic E-state index is 11.6. The van der Waals surface area contributed by atoms with Gasteiger partial charge in [0.25, 0.3) is 5.22 Å². The zero-order valence-electron chi connectivity index (χ0n) is 10.3. The van der Waals surface area contributed by atoms with Crippen molar-refractivity contribution in [1.82, 2.24) is 25.1 Å². The maximum absolute atomic E-state index is 11.6. The minimum absolute atomic E-state index is 0.0529. The predicted molar refractivity (Wildman–Crippen MR) is 66.3 cm³/mol. The fourth-order valence-corrected chi connectivity index (χ4v) is 1.70. The first-order chi connectivity index (χ1) is 9.06. The van der Waals surface area contributed by atoms with Gasteiger partial charge in [-0.2, -0.15) is 9.77 Å². The number of H-pyrrole nitrogens is 1. The Hall–Kier alpha value is -2.10. The van der Waals surface area contributed by atoms with Gasteiger partial charge >= 0.3 is 5.69 Å². The van der Waals surface area contributed by atoms with Crippen LogP contribution in [-0.4, -0.2) is 36.7 Å². The standard InChI is InChI=1S/C9H12N6O3S/c1-5(2)7-11-13-9(18-7)19-3-6(16)14-15-4-10-12-8(15)17/h4-5H,3H2,1-2H3,(H,12,17)(H,14,16). The lowest BCUT2D eigenvalue weighted by Gasteiger charge is -2.01. The van der Waals surface area contributed by atoms with Gasteiger partial charge in [-0.1, -0.05) is 25.6 Å². The second-order valence-corrected chi connectivity index (χ2v) is 4.84. The number of nitrogens with one attached hydrogen (secondary N) is 2. The Bertz CT molecular complexity index is 615. The first-order valence-corrected chi connectivity index (χ1v) is 6.43. The van der Waals surface area contributed by atoms with Gasteiger partial charge in [0, 0.05) is 5.92 Å². The van der Waals surface area contributed by atoms with Gasteiger partial charge in [0.15, 0.2) is 0 Å². The van der Waals surface area contributed by atoms with E-state index in [4.69, 9.17) is 4.42 Å². The first kappa shape index (κ1) is 13.3. The minimum Gasteiger partial charge on any atom is -0.416 e. The summed E-state index contributed by atoms with van der Waals surface area (Å²) in [5.41, 5.74) is 1.84. The van der Waals surface area contributed by atoms with Crippen LogP contribution in [0.25, 0.3) is 0 Å². The van der Waals surface area contributed by atoms with E-state index < -0.39 is 5.69 Å². The highest BCUT2D eigenvalue weighted by molar-refractivity contribution is 7.99. The number of hydrogen-bond donors (Lipinski definition) is 2. The molecule has 2 aromatic rings. The van der Waals surface area contributed by atoms with Crippen molar-refractivity contribution in [3.63, 3.8) is 0 Å². The average Bonchev–Trinajstić information content (AvgIpc) is 2.97. The highest BCUT2D eigenvalue weighted by Crippen LogP contribution is 2.19. The highest BCUT2D eigenvalue weighted by Gasteiger charge is 2.12. The van der Waals surface area contributed by atoms with Crippen LogP contribution in [-0.2, 0) is 4.79 Å². The summed E-state index contributed by atoms with van der Waals surface area (Å²) in [6.07, 6.45) is 1.18. The number of carbonyl (C=O) groups excluding carboxylic acids is 1. The number of aromatic amines is 1. The maximum Gasteiger partial charge on any atom is 0.362 e. The molecule has 9 nitrogen and oxygen atoms in total. The van der Waals surface area contributed by atoms with Gasteiger partial charge in [-0.3, -0.25) is 10.2 Å². The minimum atomic E-state index is -0.516. The topological polar surface area (TPSA) is 119 Å². The van der Waals surface area contributed by atoms with Crippen LogP contribution >= 0.6 is 11.8 Å². The van der Waals surface area contributed by atoms with E-state index in [2.05, 4.69) is 25.8 Å². The molecule has 19 heavy (non-hydrogen) atoms. The molecule has 2 rings (SSSR count). The number of amides is 1. The second-order valence-electron chi connectivity index (χ2n) is 3.92. The zero-order valence-corrected chi connectivity index (χ0v) is 11.1. The monoisotopic (exact) mass is 284 g/mol. The van der Waals surface area contributed by atoms with Crippen molar-refractivity contribution in [3.05, 3.63) is 22.7 Å². The first-order valence-electron chi connectivity index (χ1n) is 5.44. The Morgan fingerprint density at radius 2 is 2.37 bits per heavy atom. The Morgan fingerprint density at radius 1 is 1.58 bits per heavy atom. The van der Waals surface area contributed by atoms with Crippen molar-refractivity contribution in [2.75, 3.05) is 11.2 Å². The number of rotatable bonds is 5. The highest BCUT2D eigenvalue weighted by atomic mass is 32.2. The van der Waals surface area contributed by atoms with E-state index in [1.165, 1.54) is 6.33 Å². The molecule has 0 spiro atoms. The third-order valence-corrected chi connectivity index (χ3v) is 2.86. The fraction of sp³-hybridized carbons (Fsp3) is 0.444. The molecule has 2 aromatic heterocycles. The van der Waals surface area contributed by atoms with Gasteiger partial charge in [-0.25, -0.2) is 9.89 Å². The lowest BCUT2D eigenvalue weighted by molar-refractivity contribution is -0.114. The van der Waals surface area contributed by atoms with E-state index in [0.29, 0.717) is 11.1 Å². The lowest BCUT2D eigenvalue weighted by Crippen LogP contribution is -2.31. The average molecular weight is 284 g/mol. The third kappa shape index (κ3) is 3.44. The summed E-state index contributed by atoms with van der Waals surface area (Å²) in [5, 5.41) is 13.6. The van der Waals surface area contributed by atoms with E-state index in [1.807, 2.05) is 13.8 Å². The van der Waals surface area contributed by atoms with Gasteiger partial charge in [0.2, 0.25) is 11.8 Å². The molecule has 0 aliphatic carbocycles. The van der Waals surface area contributed by atoms with Crippen LogP contribution in [0.1, 0.15) is 25.7 Å². The molecule has 0 bridgehead atoms. The Labute approximate surface area is 111 Å². The molecule has 1 amide bonds. The van der Waals surface area contributed by atoms with Gasteiger partial charge in [-0.15, -0.1) is 10.2 Å². The van der Waals surface area contributed by atoms with Gasteiger partial charge in [0.1, 0.15) is 6.33 Å². The number of carbonyl (C=O) groups is 1. The molecule has 0 saturated heterocycles. The van der Waals surface area contributed by atoms with Crippen molar-refractivity contribution in [3.8, 4) is 0 Å². The van der Waals surface area contributed by atoms with Crippen molar-refractivity contribution in [2.24, 2.45) is 0 Å². The number of aromatic nitrogens is 5. The molecule has 0 radical (unpaired) electrons. The SMILES string of the molecule is CC(C)c1nnc(SCC(=O)Nn2cn[nH]c2=O)o1. The molecule has 2 N–H and O–H groups in total. The van der Waals surface area contributed by atoms with Crippen molar-refractivity contribution < 1.29 is 9.21 Å². The predicted octanol–water partition coefficient (Wildman–Crippen LogP) is -0.0598. The van der Waals surface area contributed by atoms with Crippen LogP contribution < -0.4 is 11.1 Å². The summed E-state index contributed by atoms with van der Waals surface area (Å²) in [5.74, 6) is 0.337. The molecule has 0 aliphatic heterocycles. The Morgan fingerprint density at radius 3 is 2.95 bits per heavy atom. The Kier molecular flexibility index (Phi) is 4.00. The Balaban J connectivity index is 1.86. The van der Waals surface area contributed by atoms with Crippen molar-refractivity contribution in [1.29, 1.82) is 0 Å². The number of thioether (sulfide) groups is 1. The van der Waals surface area contributed by atoms with Crippen LogP contribution in [0.3, 0.4) is 0 Å². The summed E-state index contributed by atoms with van der Waals surface area (Å²) >= 11 is 1.10. The molecule has 102 valence electrons. The number of nitrogens with zero attached hydrogens (tertiary/aromatic N) is 4. The van der Waals surface area contributed by atoms with E-state index in [1.54, 1.807) is 0 Å². The van der Waals surface area contributed by atoms with Crippen LogP contribution in [0.5, 0.6) is 0 Å². The molecule has 0 saturated carbocycles. The van der Waals surface area contributed by atoms with Crippen LogP contribution in [0, 0.1) is 0 Å². The number of hydrogen-bond acceptors (Lipinski definition) is 7. The summed E-state index contributed by atoms with van der Waals surface area (Å²) < 4.78 is 6.28. The van der Waals surface area contributed by atoms with E-state index in [9.17, 15) is 9.59 Å². The largest absolute Gasteiger partial charge is 0.416 e. The van der Waals surface area contributed by atoms with Crippen LogP contribution in [0.15, 0.2) is 20.8 Å². The van der Waals surface area contributed by atoms with Crippen LogP contribution in [0.2, 0.25) is 0 Å². The third-order valence-electron chi connectivity index (χ3n) is 2.04. The van der Waals surface area contributed by atoms with Gasteiger partial charge in [-0.05, 0) is 0 Å². The molecule has 0 fully saturated rings. The quantitative estimate of drug-likeness (QED) is 0.738. The summed E-state index contributed by atoms with van der Waals surface area (Å²) in [6.45, 7) is 3.86. The molecular weight excluding hydrogens is 272 g/mol. The second kappa shape index (κ2) is 5.69. The fourth-order valence-electron chi connectivity index (χ4n) is 1.13. The summed E-state index contributed by atoms with van der Waals surface area (Å²) in [4.78, 5) is 22.6. The molecule has 0 aliphatic rings. The summed E-state index contributed by atoms with van der Waals surface area (Å²) in [7, 11) is 0. The molecular formula is C9H12N6O3S. The van der Waals surface area contributed by atoms with E-state index >= 15 is 0 Å². The smallest absolute Gasteiger partial charge is 0.362 e. The molecule has 2 heterocycles. The van der Waals surface area contributed by atoms with Crippen molar-refractivity contribution in [2.45, 2.75) is 25.0 Å². The molecule has 0 unspecified atom stereocenters. The molecule has 0 aromatic carbocycles. The van der Waals surface area contributed by atoms with E-state index in [-0.39, 0.29) is 17.6 Å². The summed E-state index contributed by atoms with van der Waals surface area (Å²) in [6, 6.07) is 0. The van der Waals surface area contributed by atoms with Gasteiger partial charge in [0.05, 0.1) is 5.75 Å². The molecule has 0 atom stereocenters. The van der Waals surface area contributed by atoms with Gasteiger partial charge < -0.3 is 4.42 Å². The van der Waals surface area contributed by atoms with Crippen LogP contribution in [0.4, 0.5) is 0 Å². The zero-order chi connectivity index (χ0) is 13.8. The van der Waals surface area contributed by atoms with E-state index in [0.717, 1.165) is 16.4 Å². The molecule has 10 heteroatoms.